The number of aliphatic hydroxyl groups is 2. The minimum atomic E-state index is -5.76. The Kier molecular flexibility index (Phi) is 7.78. The zero-order valence-electron chi connectivity index (χ0n) is 17.6. The summed E-state index contributed by atoms with van der Waals surface area (Å²) in [6.45, 7) is 0.688. The quantitative estimate of drug-likeness (QED) is 0.154. The van der Waals surface area contributed by atoms with Crippen molar-refractivity contribution in [1.29, 1.82) is 0 Å². The number of H-pyrrole nitrogens is 1. The molecule has 2 unspecified atom stereocenters. The van der Waals surface area contributed by atoms with Crippen LogP contribution in [0.5, 0.6) is 0 Å². The Balaban J connectivity index is 1.86. The Morgan fingerprint density at radius 2 is 1.86 bits per heavy atom. The van der Waals surface area contributed by atoms with E-state index in [9.17, 15) is 38.5 Å². The number of nitrogens with zero attached hydrogens (tertiary/aromatic N) is 3. The van der Waals surface area contributed by atoms with Gasteiger partial charge in [0.1, 0.15) is 18.3 Å². The maximum absolute atomic E-state index is 12.1. The lowest BCUT2D eigenvalue weighted by Crippen LogP contribution is -2.45. The molecule has 0 aliphatic carbocycles. The first-order valence-electron chi connectivity index (χ1n) is 9.56. The summed E-state index contributed by atoms with van der Waals surface area (Å²) in [6, 6.07) is 0. The molecule has 0 saturated carbocycles. The van der Waals surface area contributed by atoms with Gasteiger partial charge in [0.25, 0.3) is 5.56 Å². The minimum absolute atomic E-state index is 0.0107. The number of anilines is 1. The molecular formula is C13H22N5O14P3. The lowest BCUT2D eigenvalue weighted by molar-refractivity contribution is -0.150. The molecule has 1 aliphatic heterocycles. The van der Waals surface area contributed by atoms with Crippen LogP contribution in [0.1, 0.15) is 19.8 Å². The van der Waals surface area contributed by atoms with E-state index in [0.717, 1.165) is 10.9 Å². The van der Waals surface area contributed by atoms with Crippen LogP contribution in [0.3, 0.4) is 0 Å². The normalized spacial score (nSPS) is 28.7. The van der Waals surface area contributed by atoms with Crippen LogP contribution in [0, 0.1) is 0 Å². The molecule has 0 bridgehead atoms. The zero-order chi connectivity index (χ0) is 26.4. The number of hydrogen-bond acceptors (Lipinski definition) is 13. The molecule has 3 heterocycles. The second kappa shape index (κ2) is 9.72. The summed E-state index contributed by atoms with van der Waals surface area (Å²) >= 11 is 0. The largest absolute Gasteiger partial charge is 0.490 e. The van der Waals surface area contributed by atoms with Gasteiger partial charge in [0.05, 0.1) is 12.9 Å². The summed E-state index contributed by atoms with van der Waals surface area (Å²) in [6.07, 6.45) is -3.58. The Hall–Kier alpha value is -1.56. The first-order chi connectivity index (χ1) is 16.0. The Morgan fingerprint density at radius 3 is 2.46 bits per heavy atom. The third kappa shape index (κ3) is 6.06. The van der Waals surface area contributed by atoms with Crippen molar-refractivity contribution in [3.05, 3.63) is 16.7 Å². The van der Waals surface area contributed by atoms with Crippen molar-refractivity contribution in [1.82, 2.24) is 19.5 Å². The van der Waals surface area contributed by atoms with Gasteiger partial charge in [-0.25, -0.2) is 18.7 Å². The second-order valence-corrected chi connectivity index (χ2v) is 11.7. The number of imidazole rings is 1. The number of phosphoric acid groups is 3. The van der Waals surface area contributed by atoms with Gasteiger partial charge >= 0.3 is 23.5 Å². The number of rotatable bonds is 10. The zero-order valence-corrected chi connectivity index (χ0v) is 20.3. The molecule has 19 nitrogen and oxygen atoms in total. The second-order valence-electron chi connectivity index (χ2n) is 7.31. The van der Waals surface area contributed by atoms with Crippen LogP contribution in [0.4, 0.5) is 5.95 Å². The SMILES string of the molecule is CCC[C@@]1(n2cnc3c(=O)[nH]c(N)nc32)O[C@H](COP(=O)(O)OP(=O)(O)OP(=O)(O)O)[C@@H](O)[C@H]1O. The molecule has 0 radical (unpaired) electrons. The minimum Gasteiger partial charge on any atom is -0.387 e. The number of aromatic amines is 1. The van der Waals surface area contributed by atoms with Gasteiger partial charge in [0, 0.05) is 0 Å². The molecule has 2 aromatic rings. The monoisotopic (exact) mass is 565 g/mol. The van der Waals surface area contributed by atoms with E-state index in [1.54, 1.807) is 6.92 Å². The maximum Gasteiger partial charge on any atom is 0.490 e. The van der Waals surface area contributed by atoms with Gasteiger partial charge in [0.2, 0.25) is 5.95 Å². The average Bonchev–Trinajstić information content (AvgIpc) is 3.20. The number of ether oxygens (including phenoxy) is 1. The van der Waals surface area contributed by atoms with Crippen molar-refractivity contribution < 1.29 is 61.4 Å². The molecule has 1 saturated heterocycles. The molecule has 0 spiro atoms. The summed E-state index contributed by atoms with van der Waals surface area (Å²) < 4.78 is 52.8. The molecule has 0 aromatic carbocycles. The maximum atomic E-state index is 12.1. The first kappa shape index (κ1) is 28.0. The van der Waals surface area contributed by atoms with Crippen molar-refractivity contribution in [2.24, 2.45) is 0 Å². The summed E-state index contributed by atoms with van der Waals surface area (Å²) in [5, 5.41) is 21.4. The molecule has 6 atom stereocenters. The van der Waals surface area contributed by atoms with Crippen molar-refractivity contribution in [2.45, 2.75) is 43.8 Å². The van der Waals surface area contributed by atoms with E-state index < -0.39 is 59.7 Å². The number of phosphoric ester groups is 1. The van der Waals surface area contributed by atoms with Crippen molar-refractivity contribution in [3.63, 3.8) is 0 Å². The van der Waals surface area contributed by atoms with E-state index >= 15 is 0 Å². The number of aliphatic hydroxyl groups excluding tert-OH is 2. The standard InChI is InChI=1S/C13H22N5O14P3/c1-2-3-13(18-5-15-7-10(18)16-12(14)17-11(7)21)9(20)8(19)6(30-13)4-29-34(25,26)32-35(27,28)31-33(22,23)24/h5-6,8-9,19-20H,2-4H2,1H3,(H,25,26)(H,27,28)(H2,22,23,24)(H3,14,16,17,21)/t6-,8-,9-,13-/m1/s1. The van der Waals surface area contributed by atoms with Gasteiger partial charge in [-0.2, -0.15) is 13.6 Å². The van der Waals surface area contributed by atoms with E-state index in [2.05, 4.69) is 28.1 Å². The Bertz CT molecular complexity index is 1290. The van der Waals surface area contributed by atoms with Crippen LogP contribution in [-0.4, -0.2) is 74.2 Å². The number of hydrogen-bond donors (Lipinski definition) is 8. The predicted molar refractivity (Wildman–Crippen MR) is 112 cm³/mol. The predicted octanol–water partition coefficient (Wildman–Crippen LogP) is -1.38. The van der Waals surface area contributed by atoms with E-state index in [4.69, 9.17) is 20.3 Å². The fourth-order valence-corrected chi connectivity index (χ4v) is 6.59. The van der Waals surface area contributed by atoms with Gasteiger partial charge in [-0.05, 0) is 6.42 Å². The van der Waals surface area contributed by atoms with Crippen LogP contribution in [-0.2, 0) is 37.3 Å². The molecule has 35 heavy (non-hydrogen) atoms. The highest BCUT2D eigenvalue weighted by molar-refractivity contribution is 7.66. The summed E-state index contributed by atoms with van der Waals surface area (Å²) in [5.74, 6) is -0.270. The molecule has 22 heteroatoms. The molecule has 1 aliphatic rings. The molecular weight excluding hydrogens is 543 g/mol. The average molecular weight is 565 g/mol. The fraction of sp³-hybridized carbons (Fsp3) is 0.615. The third-order valence-electron chi connectivity index (χ3n) is 4.78. The number of fused-ring (bicyclic) bond motifs is 1. The van der Waals surface area contributed by atoms with Crippen LogP contribution in [0.15, 0.2) is 11.1 Å². The fourth-order valence-electron chi connectivity index (χ4n) is 3.56. The summed E-state index contributed by atoms with van der Waals surface area (Å²) in [4.78, 5) is 58.3. The van der Waals surface area contributed by atoms with Gasteiger partial charge in [-0.15, -0.1) is 0 Å². The van der Waals surface area contributed by atoms with Gasteiger partial charge in [-0.3, -0.25) is 18.9 Å². The Labute approximate surface area is 194 Å². The van der Waals surface area contributed by atoms with Crippen LogP contribution in [0.25, 0.3) is 11.2 Å². The van der Waals surface area contributed by atoms with Gasteiger partial charge in [0.15, 0.2) is 16.9 Å². The topological polar surface area (TPSA) is 299 Å². The van der Waals surface area contributed by atoms with E-state index in [1.165, 1.54) is 0 Å². The highest BCUT2D eigenvalue weighted by Crippen LogP contribution is 2.66. The van der Waals surface area contributed by atoms with Crippen LogP contribution < -0.4 is 11.3 Å². The van der Waals surface area contributed by atoms with Gasteiger partial charge < -0.3 is 40.3 Å². The summed E-state index contributed by atoms with van der Waals surface area (Å²) in [5.41, 5.74) is 2.84. The molecule has 3 rings (SSSR count). The molecule has 198 valence electrons. The highest BCUT2D eigenvalue weighted by atomic mass is 31.3. The van der Waals surface area contributed by atoms with E-state index in [1.807, 2.05) is 0 Å². The van der Waals surface area contributed by atoms with E-state index in [0.29, 0.717) is 6.42 Å². The first-order valence-corrected chi connectivity index (χ1v) is 14.1. The lowest BCUT2D eigenvalue weighted by Gasteiger charge is -2.33. The van der Waals surface area contributed by atoms with E-state index in [-0.39, 0.29) is 23.5 Å². The summed E-state index contributed by atoms with van der Waals surface area (Å²) in [7, 11) is -16.9. The number of aromatic nitrogens is 4. The molecule has 9 N–H and O–H groups in total. The molecule has 2 aromatic heterocycles. The van der Waals surface area contributed by atoms with Gasteiger partial charge in [-0.1, -0.05) is 13.3 Å². The number of nitrogens with one attached hydrogen (secondary N) is 1. The number of nitrogens with two attached hydrogens (primary N) is 1. The molecule has 1 fully saturated rings. The van der Waals surface area contributed by atoms with Crippen LogP contribution >= 0.6 is 23.5 Å². The number of nitrogen functional groups attached to an aromatic ring is 1. The smallest absolute Gasteiger partial charge is 0.387 e. The Morgan fingerprint density at radius 1 is 1.20 bits per heavy atom. The van der Waals surface area contributed by atoms with Crippen molar-refractivity contribution >= 4 is 40.6 Å². The van der Waals surface area contributed by atoms with Crippen molar-refractivity contribution in [2.75, 3.05) is 12.3 Å². The lowest BCUT2D eigenvalue weighted by atomic mass is 9.98. The van der Waals surface area contributed by atoms with Crippen molar-refractivity contribution in [3.8, 4) is 0 Å². The highest BCUT2D eigenvalue weighted by Gasteiger charge is 2.56. The van der Waals surface area contributed by atoms with Crippen LogP contribution in [0.2, 0.25) is 0 Å². The molecule has 0 amide bonds. The third-order valence-corrected chi connectivity index (χ3v) is 8.58.